The van der Waals surface area contributed by atoms with Gasteiger partial charge in [0.25, 0.3) is 0 Å². The van der Waals surface area contributed by atoms with Crippen LogP contribution in [0.3, 0.4) is 0 Å². The molecular weight excluding hydrogens is 144 g/mol. The van der Waals surface area contributed by atoms with Crippen LogP contribution in [0.4, 0.5) is 0 Å². The largest absolute Gasteiger partial charge is 0.388 e. The van der Waals surface area contributed by atoms with E-state index in [1.807, 2.05) is 0 Å². The van der Waals surface area contributed by atoms with Crippen molar-refractivity contribution < 1.29 is 14.6 Å². The Morgan fingerprint density at radius 3 is 2.45 bits per heavy atom. The van der Waals surface area contributed by atoms with Gasteiger partial charge in [-0.15, -0.1) is 0 Å². The number of rotatable bonds is 0. The van der Waals surface area contributed by atoms with Crippen molar-refractivity contribution in [1.82, 2.24) is 0 Å². The minimum absolute atomic E-state index is 0.404. The third kappa shape index (κ3) is 1.17. The highest BCUT2D eigenvalue weighted by Crippen LogP contribution is 2.35. The molecule has 0 bridgehead atoms. The van der Waals surface area contributed by atoms with E-state index >= 15 is 0 Å². The van der Waals surface area contributed by atoms with E-state index in [0.29, 0.717) is 0 Å². The molecule has 0 unspecified atom stereocenters. The molecule has 1 N–H and O–H groups in total. The van der Waals surface area contributed by atoms with Crippen LogP contribution in [0.1, 0.15) is 25.7 Å². The lowest BCUT2D eigenvalue weighted by Crippen LogP contribution is -2.47. The second-order valence-electron chi connectivity index (χ2n) is 3.27. The predicted molar refractivity (Wildman–Crippen MR) is 39.1 cm³/mol. The topological polar surface area (TPSA) is 38.7 Å². The van der Waals surface area contributed by atoms with Gasteiger partial charge in [-0.25, -0.2) is 0 Å². The fourth-order valence-electron chi connectivity index (χ4n) is 1.85. The van der Waals surface area contributed by atoms with E-state index in [1.165, 1.54) is 0 Å². The quantitative estimate of drug-likeness (QED) is 0.563. The Hall–Kier alpha value is -0.120. The Labute approximate surface area is 66.3 Å². The van der Waals surface area contributed by atoms with Crippen LogP contribution >= 0.6 is 0 Å². The molecule has 3 heteroatoms. The van der Waals surface area contributed by atoms with Gasteiger partial charge >= 0.3 is 0 Å². The van der Waals surface area contributed by atoms with Gasteiger partial charge in [0.1, 0.15) is 6.10 Å². The zero-order chi connectivity index (χ0) is 7.73. The third-order valence-corrected chi connectivity index (χ3v) is 2.49. The fourth-order valence-corrected chi connectivity index (χ4v) is 1.85. The molecule has 2 aliphatic heterocycles. The Kier molecular flexibility index (Phi) is 1.87. The molecule has 0 radical (unpaired) electrons. The lowest BCUT2D eigenvalue weighted by Gasteiger charge is -2.36. The van der Waals surface area contributed by atoms with Crippen molar-refractivity contribution in [3.8, 4) is 0 Å². The Morgan fingerprint density at radius 2 is 1.91 bits per heavy atom. The van der Waals surface area contributed by atoms with Crippen LogP contribution < -0.4 is 0 Å². The van der Waals surface area contributed by atoms with Crippen molar-refractivity contribution >= 4 is 0 Å². The van der Waals surface area contributed by atoms with Crippen LogP contribution in [-0.2, 0) is 9.47 Å². The molecule has 1 spiro atoms. The first kappa shape index (κ1) is 7.53. The zero-order valence-corrected chi connectivity index (χ0v) is 6.58. The van der Waals surface area contributed by atoms with Crippen LogP contribution in [0.2, 0.25) is 0 Å². The lowest BCUT2D eigenvalue weighted by molar-refractivity contribution is -0.278. The van der Waals surface area contributed by atoms with E-state index in [4.69, 9.17) is 9.47 Å². The van der Waals surface area contributed by atoms with Crippen molar-refractivity contribution in [2.24, 2.45) is 0 Å². The summed E-state index contributed by atoms with van der Waals surface area (Å²) >= 11 is 0. The van der Waals surface area contributed by atoms with E-state index < -0.39 is 11.9 Å². The molecule has 2 fully saturated rings. The summed E-state index contributed by atoms with van der Waals surface area (Å²) < 4.78 is 10.9. The molecule has 11 heavy (non-hydrogen) atoms. The molecule has 2 aliphatic rings. The van der Waals surface area contributed by atoms with Crippen molar-refractivity contribution in [2.45, 2.75) is 37.6 Å². The summed E-state index contributed by atoms with van der Waals surface area (Å²) in [5.74, 6) is -0.613. The average molecular weight is 158 g/mol. The number of hydrogen-bond acceptors (Lipinski definition) is 3. The lowest BCUT2D eigenvalue weighted by atomic mass is 9.99. The Bertz CT molecular complexity index is 140. The van der Waals surface area contributed by atoms with Gasteiger partial charge in [-0.3, -0.25) is 0 Å². The molecule has 0 amide bonds. The fraction of sp³-hybridized carbons (Fsp3) is 1.00. The van der Waals surface area contributed by atoms with Gasteiger partial charge < -0.3 is 14.6 Å². The van der Waals surface area contributed by atoms with E-state index in [1.54, 1.807) is 0 Å². The number of aliphatic hydroxyl groups excluding tert-OH is 1. The Morgan fingerprint density at radius 1 is 1.18 bits per heavy atom. The maximum absolute atomic E-state index is 9.61. The predicted octanol–water partition coefficient (Wildman–Crippen LogP) is 0.664. The first-order valence-corrected chi connectivity index (χ1v) is 4.29. The Balaban J connectivity index is 2.07. The van der Waals surface area contributed by atoms with Crippen molar-refractivity contribution in [2.75, 3.05) is 13.2 Å². The molecular formula is C8H14O3. The third-order valence-electron chi connectivity index (χ3n) is 2.49. The van der Waals surface area contributed by atoms with Crippen molar-refractivity contribution in [3.63, 3.8) is 0 Å². The molecule has 0 saturated carbocycles. The first-order valence-electron chi connectivity index (χ1n) is 4.29. The minimum Gasteiger partial charge on any atom is -0.388 e. The molecule has 2 heterocycles. The molecule has 3 nitrogen and oxygen atoms in total. The van der Waals surface area contributed by atoms with E-state index in [0.717, 1.165) is 38.9 Å². The van der Waals surface area contributed by atoms with Gasteiger partial charge in [-0.05, 0) is 19.3 Å². The van der Waals surface area contributed by atoms with Crippen LogP contribution in [0.25, 0.3) is 0 Å². The van der Waals surface area contributed by atoms with Crippen molar-refractivity contribution in [1.29, 1.82) is 0 Å². The number of aliphatic hydroxyl groups is 1. The van der Waals surface area contributed by atoms with Gasteiger partial charge in [-0.2, -0.15) is 0 Å². The maximum atomic E-state index is 9.61. The molecule has 0 aliphatic carbocycles. The molecule has 0 aromatic rings. The molecule has 2 rings (SSSR count). The second-order valence-corrected chi connectivity index (χ2v) is 3.27. The van der Waals surface area contributed by atoms with Crippen molar-refractivity contribution in [3.05, 3.63) is 0 Å². The monoisotopic (exact) mass is 158 g/mol. The summed E-state index contributed by atoms with van der Waals surface area (Å²) in [5, 5.41) is 9.61. The summed E-state index contributed by atoms with van der Waals surface area (Å²) in [6, 6.07) is 0. The van der Waals surface area contributed by atoms with Gasteiger partial charge in [0.15, 0.2) is 5.79 Å². The SMILES string of the molecule is O[C@@H]1CCCO[C@@]12CCCO2. The normalized spacial score (nSPS) is 45.0. The molecule has 2 atom stereocenters. The summed E-state index contributed by atoms with van der Waals surface area (Å²) in [6.45, 7) is 1.47. The van der Waals surface area contributed by atoms with Gasteiger partial charge in [0, 0.05) is 6.42 Å². The van der Waals surface area contributed by atoms with Gasteiger partial charge in [0.2, 0.25) is 0 Å². The molecule has 64 valence electrons. The molecule has 0 aromatic heterocycles. The standard InChI is InChI=1S/C8H14O3/c9-7-3-1-5-10-8(7)4-2-6-11-8/h7,9H,1-6H2/t7-,8-/m1/s1. The van der Waals surface area contributed by atoms with E-state index in [9.17, 15) is 5.11 Å². The van der Waals surface area contributed by atoms with Crippen LogP contribution in [-0.4, -0.2) is 30.2 Å². The highest BCUT2D eigenvalue weighted by atomic mass is 16.7. The highest BCUT2D eigenvalue weighted by Gasteiger charge is 2.44. The summed E-state index contributed by atoms with van der Waals surface area (Å²) in [6.07, 6.45) is 3.23. The summed E-state index contributed by atoms with van der Waals surface area (Å²) in [4.78, 5) is 0. The number of ether oxygens (including phenoxy) is 2. The minimum atomic E-state index is -0.613. The maximum Gasteiger partial charge on any atom is 0.194 e. The highest BCUT2D eigenvalue weighted by molar-refractivity contribution is 4.86. The summed E-state index contributed by atoms with van der Waals surface area (Å²) in [5.41, 5.74) is 0. The van der Waals surface area contributed by atoms with E-state index in [-0.39, 0.29) is 0 Å². The van der Waals surface area contributed by atoms with Gasteiger partial charge in [-0.1, -0.05) is 0 Å². The average Bonchev–Trinajstić information content (AvgIpc) is 2.46. The van der Waals surface area contributed by atoms with Crippen LogP contribution in [0.5, 0.6) is 0 Å². The van der Waals surface area contributed by atoms with Crippen LogP contribution in [0, 0.1) is 0 Å². The summed E-state index contributed by atoms with van der Waals surface area (Å²) in [7, 11) is 0. The van der Waals surface area contributed by atoms with Crippen LogP contribution in [0.15, 0.2) is 0 Å². The smallest absolute Gasteiger partial charge is 0.194 e. The zero-order valence-electron chi connectivity index (χ0n) is 6.58. The molecule has 2 saturated heterocycles. The second kappa shape index (κ2) is 2.73. The number of hydrogen-bond donors (Lipinski definition) is 1. The first-order chi connectivity index (χ1) is 5.33. The van der Waals surface area contributed by atoms with Gasteiger partial charge in [0.05, 0.1) is 13.2 Å². The molecule has 0 aromatic carbocycles. The van der Waals surface area contributed by atoms with E-state index in [2.05, 4.69) is 0 Å².